The minimum Gasteiger partial charge on any atom is -0.497 e. The summed E-state index contributed by atoms with van der Waals surface area (Å²) in [4.78, 5) is 28.6. The van der Waals surface area contributed by atoms with Gasteiger partial charge in [-0.05, 0) is 56.5 Å². The summed E-state index contributed by atoms with van der Waals surface area (Å²) < 4.78 is 51.4. The van der Waals surface area contributed by atoms with E-state index in [9.17, 15) is 22.8 Å². The van der Waals surface area contributed by atoms with Crippen LogP contribution in [0.1, 0.15) is 57.4 Å². The Bertz CT molecular complexity index is 1090. The third-order valence-corrected chi connectivity index (χ3v) is 5.57. The van der Waals surface area contributed by atoms with Crippen LogP contribution < -0.4 is 14.8 Å². The lowest BCUT2D eigenvalue weighted by Gasteiger charge is -2.33. The van der Waals surface area contributed by atoms with Gasteiger partial charge in [-0.2, -0.15) is 13.2 Å². The molecule has 1 N–H and O–H groups in total. The molecular formula is C26H31F3N2O4. The highest BCUT2D eigenvalue weighted by atomic mass is 19.4. The summed E-state index contributed by atoms with van der Waals surface area (Å²) in [5.41, 5.74) is -0.758. The number of fused-ring (bicyclic) bond motifs is 1. The van der Waals surface area contributed by atoms with Crippen molar-refractivity contribution in [1.82, 2.24) is 10.2 Å². The summed E-state index contributed by atoms with van der Waals surface area (Å²) in [6.45, 7) is 8.83. The highest BCUT2D eigenvalue weighted by Crippen LogP contribution is 2.39. The van der Waals surface area contributed by atoms with Gasteiger partial charge in [0.15, 0.2) is 6.10 Å². The smallest absolute Gasteiger partial charge is 0.416 e. The number of amides is 2. The van der Waals surface area contributed by atoms with Crippen LogP contribution in [0.4, 0.5) is 13.2 Å². The maximum Gasteiger partial charge on any atom is 0.416 e. The number of hydrogen-bond donors (Lipinski definition) is 1. The van der Waals surface area contributed by atoms with Crippen molar-refractivity contribution >= 4 is 11.8 Å². The van der Waals surface area contributed by atoms with Gasteiger partial charge in [-0.3, -0.25) is 9.59 Å². The molecule has 1 aliphatic rings. The van der Waals surface area contributed by atoms with Crippen molar-refractivity contribution < 1.29 is 32.2 Å². The van der Waals surface area contributed by atoms with Crippen molar-refractivity contribution in [2.24, 2.45) is 5.92 Å². The fraction of sp³-hybridized carbons (Fsp3) is 0.462. The first kappa shape index (κ1) is 26.4. The molecule has 0 bridgehead atoms. The van der Waals surface area contributed by atoms with E-state index in [0.717, 1.165) is 12.1 Å². The molecule has 0 saturated heterocycles. The quantitative estimate of drug-likeness (QED) is 0.630. The highest BCUT2D eigenvalue weighted by Gasteiger charge is 2.43. The van der Waals surface area contributed by atoms with Crippen LogP contribution in [0.2, 0.25) is 0 Å². The lowest BCUT2D eigenvalue weighted by molar-refractivity contribution is -0.147. The molecule has 3 rings (SSSR count). The van der Waals surface area contributed by atoms with E-state index in [2.05, 4.69) is 5.32 Å². The van der Waals surface area contributed by atoms with Crippen LogP contribution in [0.15, 0.2) is 42.5 Å². The largest absolute Gasteiger partial charge is 0.497 e. The molecule has 0 aromatic heterocycles. The Labute approximate surface area is 203 Å². The third-order valence-electron chi connectivity index (χ3n) is 5.57. The molecule has 2 amide bonds. The van der Waals surface area contributed by atoms with Gasteiger partial charge in [-0.15, -0.1) is 0 Å². The van der Waals surface area contributed by atoms with Gasteiger partial charge in [0.05, 0.1) is 12.7 Å². The van der Waals surface area contributed by atoms with Crippen molar-refractivity contribution in [3.8, 4) is 11.5 Å². The zero-order valence-corrected chi connectivity index (χ0v) is 20.7. The number of nitrogens with one attached hydrogen (secondary N) is 1. The molecule has 35 heavy (non-hydrogen) atoms. The van der Waals surface area contributed by atoms with Crippen molar-refractivity contribution in [3.05, 3.63) is 59.2 Å². The maximum atomic E-state index is 13.7. The van der Waals surface area contributed by atoms with E-state index in [1.807, 2.05) is 20.8 Å². The van der Waals surface area contributed by atoms with Crippen LogP contribution in [-0.2, 0) is 22.3 Å². The van der Waals surface area contributed by atoms with E-state index in [1.54, 1.807) is 32.0 Å². The Balaban J connectivity index is 2.17. The number of ether oxygens (including phenoxy) is 2. The van der Waals surface area contributed by atoms with Gasteiger partial charge in [0.25, 0.3) is 5.91 Å². The van der Waals surface area contributed by atoms with Gasteiger partial charge >= 0.3 is 6.18 Å². The molecule has 9 heteroatoms. The van der Waals surface area contributed by atoms with Crippen LogP contribution in [0.25, 0.3) is 0 Å². The SMILES string of the molecule is COc1ccc2c(c1)OC(C(C)C)C(=O)N(Cc1cccc(C(F)(F)F)c1)C2C(=O)NC(C)(C)C. The van der Waals surface area contributed by atoms with Crippen LogP contribution >= 0.6 is 0 Å². The second kappa shape index (κ2) is 9.79. The summed E-state index contributed by atoms with van der Waals surface area (Å²) in [6.07, 6.45) is -5.48. The molecule has 1 aliphatic heterocycles. The lowest BCUT2D eigenvalue weighted by Crippen LogP contribution is -2.51. The van der Waals surface area contributed by atoms with Crippen LogP contribution in [0.5, 0.6) is 11.5 Å². The average Bonchev–Trinajstić information content (AvgIpc) is 2.86. The first-order valence-electron chi connectivity index (χ1n) is 11.3. The molecule has 0 spiro atoms. The normalized spacial score (nSPS) is 18.6. The Hall–Kier alpha value is -3.23. The fourth-order valence-corrected chi connectivity index (χ4v) is 3.97. The molecule has 2 aromatic carbocycles. The third kappa shape index (κ3) is 6.07. The standard InChI is InChI=1S/C26H31F3N2O4/c1-15(2)22-24(33)31(14-16-8-7-9-17(12-16)26(27,28)29)21(23(32)30-25(3,4)5)19-11-10-18(34-6)13-20(19)35-22/h7-13,15,21-22H,14H2,1-6H3,(H,30,32). The molecule has 6 nitrogen and oxygen atoms in total. The molecule has 2 atom stereocenters. The molecular weight excluding hydrogens is 461 g/mol. The monoisotopic (exact) mass is 492 g/mol. The average molecular weight is 493 g/mol. The van der Waals surface area contributed by atoms with E-state index in [-0.39, 0.29) is 18.0 Å². The Morgan fingerprint density at radius 1 is 1.14 bits per heavy atom. The Morgan fingerprint density at radius 3 is 2.40 bits per heavy atom. The Kier molecular flexibility index (Phi) is 7.38. The molecule has 190 valence electrons. The van der Waals surface area contributed by atoms with E-state index in [4.69, 9.17) is 9.47 Å². The van der Waals surface area contributed by atoms with E-state index in [1.165, 1.54) is 24.1 Å². The topological polar surface area (TPSA) is 67.9 Å². The minimum atomic E-state index is -4.53. The highest BCUT2D eigenvalue weighted by molar-refractivity contribution is 5.92. The molecule has 2 unspecified atom stereocenters. The van der Waals surface area contributed by atoms with Gasteiger partial charge in [0.1, 0.15) is 17.5 Å². The van der Waals surface area contributed by atoms with Crippen LogP contribution in [-0.4, -0.2) is 35.5 Å². The summed E-state index contributed by atoms with van der Waals surface area (Å²) in [5.74, 6) is -0.411. The van der Waals surface area contributed by atoms with Crippen molar-refractivity contribution in [2.45, 2.75) is 65.0 Å². The van der Waals surface area contributed by atoms with Crippen molar-refractivity contribution in [3.63, 3.8) is 0 Å². The molecule has 0 fully saturated rings. The Morgan fingerprint density at radius 2 is 1.83 bits per heavy atom. The number of benzene rings is 2. The van der Waals surface area contributed by atoms with E-state index < -0.39 is 41.2 Å². The zero-order valence-electron chi connectivity index (χ0n) is 20.7. The first-order valence-corrected chi connectivity index (χ1v) is 11.3. The molecule has 1 heterocycles. The number of halogens is 3. The first-order chi connectivity index (χ1) is 16.2. The van der Waals surface area contributed by atoms with Gasteiger partial charge in [-0.1, -0.05) is 26.0 Å². The predicted octanol–water partition coefficient (Wildman–Crippen LogP) is 5.12. The number of carbonyl (C=O) groups excluding carboxylic acids is 2. The van der Waals surface area contributed by atoms with E-state index in [0.29, 0.717) is 17.1 Å². The zero-order chi connectivity index (χ0) is 26.1. The van der Waals surface area contributed by atoms with Crippen molar-refractivity contribution in [2.75, 3.05) is 7.11 Å². The van der Waals surface area contributed by atoms with Gasteiger partial charge in [0.2, 0.25) is 5.91 Å². The van der Waals surface area contributed by atoms with E-state index >= 15 is 0 Å². The number of carbonyl (C=O) groups is 2. The van der Waals surface area contributed by atoms with Crippen molar-refractivity contribution in [1.29, 1.82) is 0 Å². The fourth-order valence-electron chi connectivity index (χ4n) is 3.97. The number of alkyl halides is 3. The minimum absolute atomic E-state index is 0.205. The lowest BCUT2D eigenvalue weighted by atomic mass is 9.99. The summed E-state index contributed by atoms with van der Waals surface area (Å²) in [7, 11) is 1.49. The number of methoxy groups -OCH3 is 1. The van der Waals surface area contributed by atoms with Crippen LogP contribution in [0.3, 0.4) is 0 Å². The summed E-state index contributed by atoms with van der Waals surface area (Å²) >= 11 is 0. The molecule has 0 saturated carbocycles. The van der Waals surface area contributed by atoms with Gasteiger partial charge in [0, 0.05) is 23.7 Å². The second-order valence-electron chi connectivity index (χ2n) is 9.99. The summed E-state index contributed by atoms with van der Waals surface area (Å²) in [6, 6.07) is 8.56. The number of hydrogen-bond acceptors (Lipinski definition) is 4. The second-order valence-corrected chi connectivity index (χ2v) is 9.99. The predicted molar refractivity (Wildman–Crippen MR) is 125 cm³/mol. The molecule has 0 radical (unpaired) electrons. The maximum absolute atomic E-state index is 13.7. The van der Waals surface area contributed by atoms with Crippen LogP contribution in [0, 0.1) is 5.92 Å². The van der Waals surface area contributed by atoms with Gasteiger partial charge in [-0.25, -0.2) is 0 Å². The van der Waals surface area contributed by atoms with Gasteiger partial charge < -0.3 is 19.7 Å². The summed E-state index contributed by atoms with van der Waals surface area (Å²) in [5, 5.41) is 2.90. The number of rotatable bonds is 5. The number of nitrogens with zero attached hydrogens (tertiary/aromatic N) is 1. The molecule has 2 aromatic rings. The molecule has 0 aliphatic carbocycles.